The molecule has 0 aromatic heterocycles. The quantitative estimate of drug-likeness (QED) is 0.889. The number of halogens is 3. The zero-order valence-corrected chi connectivity index (χ0v) is 13.2. The van der Waals surface area contributed by atoms with Gasteiger partial charge in [-0.15, -0.1) is 0 Å². The lowest BCUT2D eigenvalue weighted by Crippen LogP contribution is -2.30. The highest BCUT2D eigenvalue weighted by atomic mass is 35.5. The van der Waals surface area contributed by atoms with Gasteiger partial charge in [-0.05, 0) is 30.8 Å². The molecule has 2 nitrogen and oxygen atoms in total. The monoisotopic (exact) mass is 326 g/mol. The zero-order valence-electron chi connectivity index (χ0n) is 11.7. The molecule has 0 spiro atoms. The summed E-state index contributed by atoms with van der Waals surface area (Å²) in [6.07, 6.45) is 0. The van der Waals surface area contributed by atoms with Crippen LogP contribution in [0.25, 0.3) is 0 Å². The van der Waals surface area contributed by atoms with Crippen LogP contribution in [0, 0.1) is 5.82 Å². The van der Waals surface area contributed by atoms with Crippen molar-refractivity contribution in [2.45, 2.75) is 12.6 Å². The fourth-order valence-corrected chi connectivity index (χ4v) is 2.62. The van der Waals surface area contributed by atoms with Crippen LogP contribution in [-0.2, 0) is 6.54 Å². The second-order valence-corrected chi connectivity index (χ2v) is 5.78. The minimum Gasteiger partial charge on any atom is -0.329 e. The molecule has 0 radical (unpaired) electrons. The lowest BCUT2D eigenvalue weighted by Gasteiger charge is -2.28. The summed E-state index contributed by atoms with van der Waals surface area (Å²) in [7, 11) is 1.91. The summed E-state index contributed by atoms with van der Waals surface area (Å²) in [5, 5.41) is 0.809. The predicted molar refractivity (Wildman–Crippen MR) is 86.1 cm³/mol. The van der Waals surface area contributed by atoms with Crippen LogP contribution in [0.4, 0.5) is 4.39 Å². The highest BCUT2D eigenvalue weighted by molar-refractivity contribution is 6.31. The van der Waals surface area contributed by atoms with Crippen LogP contribution in [0.1, 0.15) is 17.2 Å². The van der Waals surface area contributed by atoms with Crippen molar-refractivity contribution in [1.29, 1.82) is 0 Å². The van der Waals surface area contributed by atoms with Gasteiger partial charge in [0.2, 0.25) is 0 Å². The van der Waals surface area contributed by atoms with Gasteiger partial charge in [0.15, 0.2) is 0 Å². The van der Waals surface area contributed by atoms with Gasteiger partial charge in [0, 0.05) is 29.7 Å². The zero-order chi connectivity index (χ0) is 15.4. The van der Waals surface area contributed by atoms with Crippen molar-refractivity contribution in [3.8, 4) is 0 Å². The fourth-order valence-electron chi connectivity index (χ4n) is 2.31. The first-order chi connectivity index (χ1) is 10.0. The van der Waals surface area contributed by atoms with Crippen molar-refractivity contribution < 1.29 is 4.39 Å². The molecule has 2 aromatic carbocycles. The minimum absolute atomic E-state index is 0.117. The number of hydrogen-bond donors (Lipinski definition) is 1. The maximum Gasteiger partial charge on any atom is 0.146 e. The molecule has 0 aliphatic heterocycles. The fraction of sp³-hybridized carbons (Fsp3) is 0.250. The third kappa shape index (κ3) is 3.95. The lowest BCUT2D eigenvalue weighted by atomic mass is 10.0. The molecule has 2 aromatic rings. The summed E-state index contributed by atoms with van der Waals surface area (Å²) in [5.41, 5.74) is 7.43. The average molecular weight is 327 g/mol. The van der Waals surface area contributed by atoms with Gasteiger partial charge < -0.3 is 5.73 Å². The molecule has 0 aliphatic rings. The average Bonchev–Trinajstić information content (AvgIpc) is 2.47. The van der Waals surface area contributed by atoms with E-state index in [1.807, 2.05) is 36.2 Å². The number of nitrogens with zero attached hydrogens (tertiary/aromatic N) is 1. The molecule has 0 amide bonds. The maximum absolute atomic E-state index is 14.2. The summed E-state index contributed by atoms with van der Waals surface area (Å²) in [6, 6.07) is 12.3. The van der Waals surface area contributed by atoms with Crippen molar-refractivity contribution in [3.63, 3.8) is 0 Å². The molecular formula is C16H17Cl2FN2. The van der Waals surface area contributed by atoms with E-state index in [2.05, 4.69) is 0 Å². The van der Waals surface area contributed by atoms with Crippen LogP contribution in [0.3, 0.4) is 0 Å². The Morgan fingerprint density at radius 2 is 1.81 bits per heavy atom. The molecule has 112 valence electrons. The first kappa shape index (κ1) is 16.2. The van der Waals surface area contributed by atoms with E-state index >= 15 is 0 Å². The predicted octanol–water partition coefficient (Wildman–Crippen LogP) is 4.26. The van der Waals surface area contributed by atoms with Gasteiger partial charge in [0.1, 0.15) is 5.82 Å². The highest BCUT2D eigenvalue weighted by Gasteiger charge is 2.20. The first-order valence-corrected chi connectivity index (χ1v) is 7.37. The Morgan fingerprint density at radius 3 is 2.43 bits per heavy atom. The second kappa shape index (κ2) is 7.23. The Bertz CT molecular complexity index is 602. The molecule has 21 heavy (non-hydrogen) atoms. The van der Waals surface area contributed by atoms with Gasteiger partial charge in [-0.25, -0.2) is 4.39 Å². The highest BCUT2D eigenvalue weighted by Crippen LogP contribution is 2.27. The van der Waals surface area contributed by atoms with Gasteiger partial charge in [-0.2, -0.15) is 0 Å². The summed E-state index contributed by atoms with van der Waals surface area (Å²) in [6.45, 7) is 0.951. The topological polar surface area (TPSA) is 29.3 Å². The Hall–Kier alpha value is -1.13. The van der Waals surface area contributed by atoms with Crippen molar-refractivity contribution in [1.82, 2.24) is 4.90 Å². The Morgan fingerprint density at radius 1 is 1.14 bits per heavy atom. The molecule has 0 fully saturated rings. The first-order valence-electron chi connectivity index (χ1n) is 6.61. The van der Waals surface area contributed by atoms with Crippen LogP contribution < -0.4 is 5.73 Å². The van der Waals surface area contributed by atoms with E-state index in [0.717, 1.165) is 5.56 Å². The Labute approximate surface area is 134 Å². The molecular weight excluding hydrogens is 310 g/mol. The molecule has 1 unspecified atom stereocenters. The van der Waals surface area contributed by atoms with E-state index in [4.69, 9.17) is 28.9 Å². The number of benzene rings is 2. The van der Waals surface area contributed by atoms with Gasteiger partial charge in [0.05, 0.1) is 5.02 Å². The van der Waals surface area contributed by atoms with E-state index in [1.165, 1.54) is 6.07 Å². The molecule has 0 aliphatic carbocycles. The normalized spacial score (nSPS) is 12.7. The molecule has 5 heteroatoms. The lowest BCUT2D eigenvalue weighted by molar-refractivity contribution is 0.237. The van der Waals surface area contributed by atoms with E-state index in [0.29, 0.717) is 23.7 Å². The summed E-state index contributed by atoms with van der Waals surface area (Å²) < 4.78 is 14.2. The van der Waals surface area contributed by atoms with Crippen molar-refractivity contribution in [2.24, 2.45) is 5.73 Å². The number of nitrogens with two attached hydrogens (primary N) is 1. The molecule has 2 N–H and O–H groups in total. The van der Waals surface area contributed by atoms with E-state index in [9.17, 15) is 4.39 Å². The molecule has 1 atom stereocenters. The van der Waals surface area contributed by atoms with Gasteiger partial charge in [-0.3, -0.25) is 4.90 Å². The summed E-state index contributed by atoms with van der Waals surface area (Å²) in [5.74, 6) is -0.405. The standard InChI is InChI=1S/C16H17Cl2FN2/c1-21(10-11-5-7-12(17)8-6-11)15(9-20)13-3-2-4-14(18)16(13)19/h2-8,15H,9-10,20H2,1H3. The van der Waals surface area contributed by atoms with Gasteiger partial charge in [0.25, 0.3) is 0 Å². The van der Waals surface area contributed by atoms with Crippen molar-refractivity contribution >= 4 is 23.2 Å². The van der Waals surface area contributed by atoms with Crippen LogP contribution in [-0.4, -0.2) is 18.5 Å². The maximum atomic E-state index is 14.2. The van der Waals surface area contributed by atoms with E-state index < -0.39 is 5.82 Å². The molecule has 0 bridgehead atoms. The number of rotatable bonds is 5. The van der Waals surface area contributed by atoms with E-state index in [1.54, 1.807) is 12.1 Å². The number of hydrogen-bond acceptors (Lipinski definition) is 2. The molecule has 0 saturated carbocycles. The van der Waals surface area contributed by atoms with Crippen molar-refractivity contribution in [3.05, 3.63) is 69.5 Å². The van der Waals surface area contributed by atoms with E-state index in [-0.39, 0.29) is 11.1 Å². The van der Waals surface area contributed by atoms with Crippen LogP contribution in [0.15, 0.2) is 42.5 Å². The smallest absolute Gasteiger partial charge is 0.146 e. The van der Waals surface area contributed by atoms with Gasteiger partial charge in [-0.1, -0.05) is 47.5 Å². The Kier molecular flexibility index (Phi) is 5.59. The summed E-state index contributed by atoms with van der Waals surface area (Å²) in [4.78, 5) is 2.00. The largest absolute Gasteiger partial charge is 0.329 e. The van der Waals surface area contributed by atoms with Crippen LogP contribution in [0.2, 0.25) is 10.0 Å². The molecule has 0 heterocycles. The summed E-state index contributed by atoms with van der Waals surface area (Å²) >= 11 is 11.7. The third-order valence-corrected chi connectivity index (χ3v) is 3.98. The molecule has 2 rings (SSSR count). The van der Waals surface area contributed by atoms with Crippen LogP contribution >= 0.6 is 23.2 Å². The third-order valence-electron chi connectivity index (χ3n) is 3.44. The molecule has 0 saturated heterocycles. The number of likely N-dealkylation sites (N-methyl/N-ethyl adjacent to an activating group) is 1. The second-order valence-electron chi connectivity index (χ2n) is 4.94. The minimum atomic E-state index is -0.405. The SMILES string of the molecule is CN(Cc1ccc(Cl)cc1)C(CN)c1cccc(Cl)c1F. The van der Waals surface area contributed by atoms with Crippen LogP contribution in [0.5, 0.6) is 0 Å². The van der Waals surface area contributed by atoms with Crippen molar-refractivity contribution in [2.75, 3.05) is 13.6 Å². The Balaban J connectivity index is 2.20. The van der Waals surface area contributed by atoms with Gasteiger partial charge >= 0.3 is 0 Å².